The topological polar surface area (TPSA) is 71.1 Å². The SMILES string of the molecule is CCCCOC(=O)N1CCc2c(cnc3n[nH]c(Br)c23)C1. The largest absolute Gasteiger partial charge is 0.449 e. The maximum Gasteiger partial charge on any atom is 0.410 e. The second kappa shape index (κ2) is 6.01. The minimum Gasteiger partial charge on any atom is -0.449 e. The molecule has 3 heterocycles. The fraction of sp³-hybridized carbons (Fsp3) is 0.500. The van der Waals surface area contributed by atoms with Gasteiger partial charge in [-0.25, -0.2) is 9.78 Å². The van der Waals surface area contributed by atoms with Gasteiger partial charge in [-0.1, -0.05) is 13.3 Å². The van der Waals surface area contributed by atoms with Crippen LogP contribution in [0.3, 0.4) is 0 Å². The van der Waals surface area contributed by atoms with E-state index in [9.17, 15) is 4.79 Å². The summed E-state index contributed by atoms with van der Waals surface area (Å²) in [5.74, 6) is 0. The Bertz CT molecular complexity index is 670. The maximum absolute atomic E-state index is 12.0. The van der Waals surface area contributed by atoms with Gasteiger partial charge in [0.05, 0.1) is 18.5 Å². The molecule has 112 valence electrons. The molecule has 0 saturated carbocycles. The molecule has 0 bridgehead atoms. The number of pyridine rings is 1. The van der Waals surface area contributed by atoms with Gasteiger partial charge < -0.3 is 9.64 Å². The average molecular weight is 353 g/mol. The molecule has 0 atom stereocenters. The number of carbonyl (C=O) groups excluding carboxylic acids is 1. The van der Waals surface area contributed by atoms with Crippen molar-refractivity contribution in [2.75, 3.05) is 13.2 Å². The predicted octanol–water partition coefficient (Wildman–Crippen LogP) is 3.02. The van der Waals surface area contributed by atoms with Crippen LogP contribution in [0.4, 0.5) is 4.79 Å². The van der Waals surface area contributed by atoms with Crippen LogP contribution in [0.5, 0.6) is 0 Å². The summed E-state index contributed by atoms with van der Waals surface area (Å²) in [7, 11) is 0. The number of nitrogens with zero attached hydrogens (tertiary/aromatic N) is 3. The first kappa shape index (κ1) is 14.3. The lowest BCUT2D eigenvalue weighted by atomic mass is 9.99. The van der Waals surface area contributed by atoms with Crippen LogP contribution in [0.2, 0.25) is 0 Å². The first-order valence-electron chi connectivity index (χ1n) is 7.12. The van der Waals surface area contributed by atoms with E-state index in [2.05, 4.69) is 38.0 Å². The molecule has 1 aliphatic rings. The molecule has 1 aliphatic heterocycles. The van der Waals surface area contributed by atoms with Gasteiger partial charge in [0.25, 0.3) is 0 Å². The molecule has 6 nitrogen and oxygen atoms in total. The summed E-state index contributed by atoms with van der Waals surface area (Å²) in [5.41, 5.74) is 2.97. The fourth-order valence-corrected chi connectivity index (χ4v) is 3.06. The predicted molar refractivity (Wildman–Crippen MR) is 82.0 cm³/mol. The first-order valence-corrected chi connectivity index (χ1v) is 7.92. The molecule has 1 amide bonds. The van der Waals surface area contributed by atoms with E-state index in [1.807, 2.05) is 0 Å². The molecule has 7 heteroatoms. The van der Waals surface area contributed by atoms with Gasteiger partial charge in [-0.2, -0.15) is 5.10 Å². The zero-order valence-corrected chi connectivity index (χ0v) is 13.4. The average Bonchev–Trinajstić information content (AvgIpc) is 2.88. The maximum atomic E-state index is 12.0. The molecule has 0 unspecified atom stereocenters. The number of rotatable bonds is 3. The minimum atomic E-state index is -0.236. The highest BCUT2D eigenvalue weighted by atomic mass is 79.9. The Morgan fingerprint density at radius 1 is 1.57 bits per heavy atom. The van der Waals surface area contributed by atoms with Gasteiger partial charge in [0.1, 0.15) is 4.60 Å². The Labute approximate surface area is 131 Å². The number of halogens is 1. The van der Waals surface area contributed by atoms with E-state index >= 15 is 0 Å². The Balaban J connectivity index is 1.78. The second-order valence-electron chi connectivity index (χ2n) is 5.14. The second-order valence-corrected chi connectivity index (χ2v) is 5.93. The molecule has 21 heavy (non-hydrogen) atoms. The standard InChI is InChI=1S/C14H17BrN4O2/c1-2-3-6-21-14(20)19-5-4-10-9(8-19)7-16-13-11(10)12(15)17-18-13/h7H,2-6,8H2,1H3,(H,16,17,18). The number of ether oxygens (including phenoxy) is 1. The van der Waals surface area contributed by atoms with Crippen LogP contribution < -0.4 is 0 Å². The van der Waals surface area contributed by atoms with E-state index in [-0.39, 0.29) is 6.09 Å². The van der Waals surface area contributed by atoms with Crippen LogP contribution in [0.15, 0.2) is 10.8 Å². The molecule has 0 fully saturated rings. The van der Waals surface area contributed by atoms with Crippen molar-refractivity contribution >= 4 is 33.1 Å². The number of unbranched alkanes of at least 4 members (excludes halogenated alkanes) is 1. The molecule has 0 saturated heterocycles. The number of amides is 1. The van der Waals surface area contributed by atoms with Gasteiger partial charge in [0.15, 0.2) is 5.65 Å². The first-order chi connectivity index (χ1) is 10.2. The Morgan fingerprint density at radius 2 is 2.43 bits per heavy atom. The third kappa shape index (κ3) is 2.74. The number of H-pyrrole nitrogens is 1. The van der Waals surface area contributed by atoms with E-state index in [0.717, 1.165) is 34.8 Å². The van der Waals surface area contributed by atoms with Crippen molar-refractivity contribution in [3.63, 3.8) is 0 Å². The third-order valence-corrected chi connectivity index (χ3v) is 4.28. The summed E-state index contributed by atoms with van der Waals surface area (Å²) in [6.45, 7) is 3.77. The summed E-state index contributed by atoms with van der Waals surface area (Å²) < 4.78 is 6.12. The highest BCUT2D eigenvalue weighted by Gasteiger charge is 2.25. The molecule has 2 aromatic heterocycles. The number of carbonyl (C=O) groups is 1. The Hall–Kier alpha value is -1.63. The number of aromatic amines is 1. The van der Waals surface area contributed by atoms with E-state index < -0.39 is 0 Å². The number of hydrogen-bond donors (Lipinski definition) is 1. The molecule has 0 aromatic carbocycles. The van der Waals surface area contributed by atoms with E-state index in [4.69, 9.17) is 4.74 Å². The lowest BCUT2D eigenvalue weighted by Crippen LogP contribution is -2.36. The smallest absolute Gasteiger partial charge is 0.410 e. The quantitative estimate of drug-likeness (QED) is 0.861. The summed E-state index contributed by atoms with van der Waals surface area (Å²) >= 11 is 3.47. The Kier molecular flexibility index (Phi) is 4.10. The number of aromatic nitrogens is 3. The van der Waals surface area contributed by atoms with E-state index in [0.29, 0.717) is 25.3 Å². The highest BCUT2D eigenvalue weighted by Crippen LogP contribution is 2.29. The van der Waals surface area contributed by atoms with Crippen molar-refractivity contribution in [1.29, 1.82) is 0 Å². The number of fused-ring (bicyclic) bond motifs is 3. The lowest BCUT2D eigenvalue weighted by molar-refractivity contribution is 0.0967. The van der Waals surface area contributed by atoms with Crippen molar-refractivity contribution < 1.29 is 9.53 Å². The van der Waals surface area contributed by atoms with Crippen molar-refractivity contribution in [2.24, 2.45) is 0 Å². The van der Waals surface area contributed by atoms with Gasteiger partial charge in [0, 0.05) is 12.7 Å². The molecule has 3 rings (SSSR count). The zero-order chi connectivity index (χ0) is 14.8. The van der Waals surface area contributed by atoms with Gasteiger partial charge in [-0.15, -0.1) is 0 Å². The zero-order valence-electron chi connectivity index (χ0n) is 11.9. The van der Waals surface area contributed by atoms with Crippen molar-refractivity contribution in [2.45, 2.75) is 32.7 Å². The van der Waals surface area contributed by atoms with Crippen LogP contribution in [-0.2, 0) is 17.7 Å². The highest BCUT2D eigenvalue weighted by molar-refractivity contribution is 9.10. The number of nitrogens with one attached hydrogen (secondary N) is 1. The van der Waals surface area contributed by atoms with Crippen LogP contribution in [0, 0.1) is 0 Å². The summed E-state index contributed by atoms with van der Waals surface area (Å²) in [6.07, 6.45) is 4.28. The van der Waals surface area contributed by atoms with Gasteiger partial charge in [-0.3, -0.25) is 5.10 Å². The normalized spacial score (nSPS) is 14.3. The van der Waals surface area contributed by atoms with E-state index in [1.54, 1.807) is 11.1 Å². The van der Waals surface area contributed by atoms with Crippen LogP contribution in [0.1, 0.15) is 30.9 Å². The molecule has 1 N–H and O–H groups in total. The van der Waals surface area contributed by atoms with Gasteiger partial charge in [-0.05, 0) is 39.9 Å². The van der Waals surface area contributed by atoms with Gasteiger partial charge >= 0.3 is 6.09 Å². The van der Waals surface area contributed by atoms with E-state index in [1.165, 1.54) is 5.56 Å². The van der Waals surface area contributed by atoms with Crippen molar-refractivity contribution in [1.82, 2.24) is 20.1 Å². The summed E-state index contributed by atoms with van der Waals surface area (Å²) in [5, 5.41) is 8.06. The summed E-state index contributed by atoms with van der Waals surface area (Å²) in [6, 6.07) is 0. The summed E-state index contributed by atoms with van der Waals surface area (Å²) in [4.78, 5) is 18.1. The fourth-order valence-electron chi connectivity index (χ4n) is 2.55. The Morgan fingerprint density at radius 3 is 3.24 bits per heavy atom. The molecular weight excluding hydrogens is 336 g/mol. The third-order valence-electron chi connectivity index (χ3n) is 3.71. The van der Waals surface area contributed by atoms with Crippen molar-refractivity contribution in [3.8, 4) is 0 Å². The molecule has 0 spiro atoms. The van der Waals surface area contributed by atoms with Crippen molar-refractivity contribution in [3.05, 3.63) is 21.9 Å². The van der Waals surface area contributed by atoms with Gasteiger partial charge in [0.2, 0.25) is 0 Å². The number of hydrogen-bond acceptors (Lipinski definition) is 4. The molecule has 2 aromatic rings. The van der Waals surface area contributed by atoms with Crippen LogP contribution >= 0.6 is 15.9 Å². The molecule has 0 radical (unpaired) electrons. The molecule has 0 aliphatic carbocycles. The van der Waals surface area contributed by atoms with Crippen LogP contribution in [-0.4, -0.2) is 39.3 Å². The minimum absolute atomic E-state index is 0.236. The lowest BCUT2D eigenvalue weighted by Gasteiger charge is -2.28. The monoisotopic (exact) mass is 352 g/mol. The van der Waals surface area contributed by atoms with Crippen LogP contribution in [0.25, 0.3) is 11.0 Å². The molecular formula is C14H17BrN4O2.